The van der Waals surface area contributed by atoms with Crippen LogP contribution in [0.2, 0.25) is 0 Å². The van der Waals surface area contributed by atoms with Crippen molar-refractivity contribution in [3.63, 3.8) is 0 Å². The van der Waals surface area contributed by atoms with Gasteiger partial charge in [0, 0.05) is 20.3 Å². The minimum absolute atomic E-state index is 0.0322. The fourth-order valence-electron chi connectivity index (χ4n) is 2.04. The van der Waals surface area contributed by atoms with Crippen molar-refractivity contribution in [2.75, 3.05) is 21.3 Å². The number of rotatable bonds is 7. The third-order valence-electron chi connectivity index (χ3n) is 3.09. The summed E-state index contributed by atoms with van der Waals surface area (Å²) in [5, 5.41) is 13.0. The first kappa shape index (κ1) is 15.8. The van der Waals surface area contributed by atoms with Crippen LogP contribution in [0.25, 0.3) is 0 Å². The summed E-state index contributed by atoms with van der Waals surface area (Å²) in [6.45, 7) is 4.02. The maximum atomic E-state index is 9.58. The molecule has 5 heteroatoms. The molecule has 0 aromatic heterocycles. The number of phenols is 1. The highest BCUT2D eigenvalue weighted by Gasteiger charge is 2.19. The number of benzene rings is 1. The molecule has 0 saturated carbocycles. The Kier molecular flexibility index (Phi) is 6.08. The van der Waals surface area contributed by atoms with Gasteiger partial charge in [0.25, 0.3) is 0 Å². The molecule has 2 atom stereocenters. The van der Waals surface area contributed by atoms with E-state index in [4.69, 9.17) is 14.2 Å². The summed E-state index contributed by atoms with van der Waals surface area (Å²) in [7, 11) is 4.76. The van der Waals surface area contributed by atoms with Crippen molar-refractivity contribution in [3.05, 3.63) is 23.8 Å². The highest BCUT2D eigenvalue weighted by Crippen LogP contribution is 2.29. The quantitative estimate of drug-likeness (QED) is 0.742. The predicted octanol–water partition coefficient (Wildman–Crippen LogP) is 2.06. The lowest BCUT2D eigenvalue weighted by Gasteiger charge is -2.26. The van der Waals surface area contributed by atoms with E-state index in [-0.39, 0.29) is 24.1 Å². The van der Waals surface area contributed by atoms with Crippen LogP contribution in [0.1, 0.15) is 25.5 Å². The zero-order valence-corrected chi connectivity index (χ0v) is 12.1. The minimum Gasteiger partial charge on any atom is -0.504 e. The lowest BCUT2D eigenvalue weighted by atomic mass is 10.1. The Morgan fingerprint density at radius 3 is 2.26 bits per heavy atom. The molecule has 5 nitrogen and oxygen atoms in total. The van der Waals surface area contributed by atoms with E-state index in [9.17, 15) is 5.11 Å². The second-order valence-electron chi connectivity index (χ2n) is 4.45. The molecule has 0 radical (unpaired) electrons. The molecular weight excluding hydrogens is 246 g/mol. The SMILES string of the molecule is COc1cc(C(C)NC(C)C(OC)OC)ccc1O. The molecule has 1 rings (SSSR count). The normalized spacial score (nSPS) is 14.4. The van der Waals surface area contributed by atoms with Crippen LogP contribution in [0, 0.1) is 0 Å². The van der Waals surface area contributed by atoms with Crippen molar-refractivity contribution in [2.45, 2.75) is 32.2 Å². The number of nitrogens with one attached hydrogen (secondary N) is 1. The first-order chi connectivity index (χ1) is 9.03. The van der Waals surface area contributed by atoms with Crippen molar-refractivity contribution < 1.29 is 19.3 Å². The zero-order chi connectivity index (χ0) is 14.4. The van der Waals surface area contributed by atoms with Gasteiger partial charge in [0.05, 0.1) is 13.2 Å². The highest BCUT2D eigenvalue weighted by molar-refractivity contribution is 5.42. The van der Waals surface area contributed by atoms with Crippen molar-refractivity contribution >= 4 is 0 Å². The Balaban J connectivity index is 2.75. The summed E-state index contributed by atoms with van der Waals surface area (Å²) in [4.78, 5) is 0. The summed E-state index contributed by atoms with van der Waals surface area (Å²) < 4.78 is 15.5. The van der Waals surface area contributed by atoms with Crippen LogP contribution in [0.5, 0.6) is 11.5 Å². The molecule has 108 valence electrons. The van der Waals surface area contributed by atoms with Crippen molar-refractivity contribution in [1.82, 2.24) is 5.32 Å². The van der Waals surface area contributed by atoms with Crippen molar-refractivity contribution in [3.8, 4) is 11.5 Å². The van der Waals surface area contributed by atoms with Crippen LogP contribution in [0.4, 0.5) is 0 Å². The van der Waals surface area contributed by atoms with Crippen LogP contribution < -0.4 is 10.1 Å². The standard InChI is InChI=1S/C14H23NO4/c1-9(15-10(2)14(18-4)19-5)11-6-7-12(16)13(8-11)17-3/h6-10,14-16H,1-5H3. The summed E-state index contributed by atoms with van der Waals surface area (Å²) in [6, 6.07) is 5.41. The summed E-state index contributed by atoms with van der Waals surface area (Å²) in [5.41, 5.74) is 1.02. The second-order valence-corrected chi connectivity index (χ2v) is 4.45. The topological polar surface area (TPSA) is 60.0 Å². The van der Waals surface area contributed by atoms with Crippen LogP contribution in [-0.4, -0.2) is 38.8 Å². The van der Waals surface area contributed by atoms with Gasteiger partial charge in [-0.1, -0.05) is 6.07 Å². The van der Waals surface area contributed by atoms with E-state index in [1.165, 1.54) is 7.11 Å². The van der Waals surface area contributed by atoms with E-state index >= 15 is 0 Å². The Bertz CT molecular complexity index is 393. The first-order valence-electron chi connectivity index (χ1n) is 6.22. The van der Waals surface area contributed by atoms with E-state index in [0.717, 1.165) is 5.56 Å². The molecule has 1 aromatic rings. The van der Waals surface area contributed by atoms with E-state index in [1.54, 1.807) is 20.3 Å². The smallest absolute Gasteiger partial charge is 0.171 e. The number of phenolic OH excluding ortho intramolecular Hbond substituents is 1. The van der Waals surface area contributed by atoms with Gasteiger partial charge in [-0.2, -0.15) is 0 Å². The van der Waals surface area contributed by atoms with Gasteiger partial charge in [0.15, 0.2) is 17.8 Å². The summed E-state index contributed by atoms with van der Waals surface area (Å²) in [5.74, 6) is 0.604. The number of ether oxygens (including phenoxy) is 3. The van der Waals surface area contributed by atoms with Crippen molar-refractivity contribution in [1.29, 1.82) is 0 Å². The monoisotopic (exact) mass is 269 g/mol. The molecule has 2 unspecified atom stereocenters. The second kappa shape index (κ2) is 7.33. The van der Waals surface area contributed by atoms with Gasteiger partial charge in [0.2, 0.25) is 0 Å². The van der Waals surface area contributed by atoms with E-state index in [2.05, 4.69) is 5.32 Å². The van der Waals surface area contributed by atoms with Gasteiger partial charge in [0.1, 0.15) is 0 Å². The van der Waals surface area contributed by atoms with Gasteiger partial charge in [-0.3, -0.25) is 0 Å². The van der Waals surface area contributed by atoms with Gasteiger partial charge >= 0.3 is 0 Å². The molecule has 19 heavy (non-hydrogen) atoms. The molecule has 2 N–H and O–H groups in total. The average molecular weight is 269 g/mol. The number of hydrogen-bond acceptors (Lipinski definition) is 5. The lowest BCUT2D eigenvalue weighted by Crippen LogP contribution is -2.40. The van der Waals surface area contributed by atoms with E-state index in [0.29, 0.717) is 5.75 Å². The largest absolute Gasteiger partial charge is 0.504 e. The van der Waals surface area contributed by atoms with Crippen LogP contribution in [0.15, 0.2) is 18.2 Å². The predicted molar refractivity (Wildman–Crippen MR) is 73.5 cm³/mol. The fourth-order valence-corrected chi connectivity index (χ4v) is 2.04. The molecule has 0 aliphatic heterocycles. The molecule has 0 fully saturated rings. The Morgan fingerprint density at radius 1 is 1.11 bits per heavy atom. The van der Waals surface area contributed by atoms with Gasteiger partial charge in [-0.05, 0) is 31.5 Å². The van der Waals surface area contributed by atoms with Gasteiger partial charge in [-0.25, -0.2) is 0 Å². The maximum absolute atomic E-state index is 9.58. The maximum Gasteiger partial charge on any atom is 0.171 e. The third-order valence-corrected chi connectivity index (χ3v) is 3.09. The van der Waals surface area contributed by atoms with Crippen LogP contribution in [-0.2, 0) is 9.47 Å². The van der Waals surface area contributed by atoms with Gasteiger partial charge < -0.3 is 24.6 Å². The minimum atomic E-state index is -0.304. The molecule has 0 bridgehead atoms. The molecule has 1 aromatic carbocycles. The Morgan fingerprint density at radius 2 is 1.74 bits per heavy atom. The fraction of sp³-hybridized carbons (Fsp3) is 0.571. The van der Waals surface area contributed by atoms with Gasteiger partial charge in [-0.15, -0.1) is 0 Å². The number of aromatic hydroxyl groups is 1. The van der Waals surface area contributed by atoms with Crippen LogP contribution in [0.3, 0.4) is 0 Å². The number of hydrogen-bond donors (Lipinski definition) is 2. The lowest BCUT2D eigenvalue weighted by molar-refractivity contribution is -0.120. The molecule has 0 spiro atoms. The molecular formula is C14H23NO4. The molecule has 0 aliphatic rings. The third kappa shape index (κ3) is 4.09. The molecule has 0 heterocycles. The molecule has 0 saturated heterocycles. The molecule has 0 amide bonds. The Hall–Kier alpha value is -1.30. The van der Waals surface area contributed by atoms with Crippen molar-refractivity contribution in [2.24, 2.45) is 0 Å². The summed E-state index contributed by atoms with van der Waals surface area (Å²) in [6.07, 6.45) is -0.304. The highest BCUT2D eigenvalue weighted by atomic mass is 16.7. The van der Waals surface area contributed by atoms with E-state index in [1.807, 2.05) is 26.0 Å². The van der Waals surface area contributed by atoms with E-state index < -0.39 is 0 Å². The Labute approximate surface area is 114 Å². The average Bonchev–Trinajstić information content (AvgIpc) is 2.40. The zero-order valence-electron chi connectivity index (χ0n) is 12.1. The van der Waals surface area contributed by atoms with Crippen LogP contribution >= 0.6 is 0 Å². The number of methoxy groups -OCH3 is 3. The molecule has 0 aliphatic carbocycles. The summed E-state index contributed by atoms with van der Waals surface area (Å²) >= 11 is 0. The first-order valence-corrected chi connectivity index (χ1v) is 6.22.